The highest BCUT2D eigenvalue weighted by Crippen LogP contribution is 2.15. The molecule has 1 aromatic rings. The molecular weight excluding hydrogens is 204 g/mol. The molecule has 2 unspecified atom stereocenters. The van der Waals surface area contributed by atoms with Gasteiger partial charge < -0.3 is 15.4 Å². The van der Waals surface area contributed by atoms with Gasteiger partial charge >= 0.3 is 0 Å². The number of nitrogens with zero attached hydrogens (tertiary/aromatic N) is 3. The maximum atomic E-state index is 5.84. The third kappa shape index (κ3) is 2.48. The van der Waals surface area contributed by atoms with Crippen LogP contribution in [0.4, 0.5) is 5.82 Å². The zero-order valence-electron chi connectivity index (χ0n) is 9.76. The highest BCUT2D eigenvalue weighted by molar-refractivity contribution is 5.37. The van der Waals surface area contributed by atoms with Crippen molar-refractivity contribution in [3.63, 3.8) is 0 Å². The van der Waals surface area contributed by atoms with Crippen LogP contribution in [0.5, 0.6) is 0 Å². The normalized spacial score (nSPS) is 23.2. The largest absolute Gasteiger partial charge is 0.373 e. The summed E-state index contributed by atoms with van der Waals surface area (Å²) in [4.78, 5) is 2.17. The zero-order chi connectivity index (χ0) is 11.5. The van der Waals surface area contributed by atoms with Crippen molar-refractivity contribution in [1.29, 1.82) is 0 Å². The van der Waals surface area contributed by atoms with E-state index in [0.717, 1.165) is 24.6 Å². The fourth-order valence-electron chi connectivity index (χ4n) is 1.76. The minimum absolute atomic E-state index is 0.0428. The van der Waals surface area contributed by atoms with Gasteiger partial charge in [0.2, 0.25) is 0 Å². The molecule has 0 spiro atoms. The molecule has 16 heavy (non-hydrogen) atoms. The Balaban J connectivity index is 2.06. The van der Waals surface area contributed by atoms with Crippen molar-refractivity contribution >= 4 is 5.82 Å². The van der Waals surface area contributed by atoms with Gasteiger partial charge in [-0.25, -0.2) is 0 Å². The van der Waals surface area contributed by atoms with E-state index >= 15 is 0 Å². The van der Waals surface area contributed by atoms with Crippen LogP contribution in [0.2, 0.25) is 0 Å². The van der Waals surface area contributed by atoms with Gasteiger partial charge in [0.25, 0.3) is 0 Å². The molecule has 1 aliphatic rings. The molecule has 2 heterocycles. The first-order valence-electron chi connectivity index (χ1n) is 5.59. The van der Waals surface area contributed by atoms with Crippen LogP contribution >= 0.6 is 0 Å². The standard InChI is InChI=1S/C11H18N4O/c1-8-3-4-11(14-13-8)15-5-6-16-10(7-15)9(2)12/h3-4,9-10H,5-7,12H2,1-2H3. The quantitative estimate of drug-likeness (QED) is 0.781. The Morgan fingerprint density at radius 1 is 1.50 bits per heavy atom. The van der Waals surface area contributed by atoms with Gasteiger partial charge in [-0.05, 0) is 26.0 Å². The number of hydrogen-bond donors (Lipinski definition) is 1. The number of nitrogens with two attached hydrogens (primary N) is 1. The molecule has 1 fully saturated rings. The van der Waals surface area contributed by atoms with Crippen LogP contribution in [0.1, 0.15) is 12.6 Å². The molecule has 0 aromatic carbocycles. The van der Waals surface area contributed by atoms with Gasteiger partial charge in [-0.3, -0.25) is 0 Å². The SMILES string of the molecule is Cc1ccc(N2CCOC(C(C)N)C2)nn1. The van der Waals surface area contributed by atoms with E-state index in [2.05, 4.69) is 15.1 Å². The van der Waals surface area contributed by atoms with Crippen molar-refractivity contribution < 1.29 is 4.74 Å². The summed E-state index contributed by atoms with van der Waals surface area (Å²) >= 11 is 0. The van der Waals surface area contributed by atoms with E-state index in [4.69, 9.17) is 10.5 Å². The Bertz CT molecular complexity index is 338. The molecule has 0 aliphatic carbocycles. The lowest BCUT2D eigenvalue weighted by Crippen LogP contribution is -2.49. The van der Waals surface area contributed by atoms with Gasteiger partial charge in [0.15, 0.2) is 5.82 Å². The monoisotopic (exact) mass is 222 g/mol. The van der Waals surface area contributed by atoms with Crippen LogP contribution in [0.3, 0.4) is 0 Å². The van der Waals surface area contributed by atoms with Gasteiger partial charge in [0.05, 0.1) is 18.4 Å². The second-order valence-electron chi connectivity index (χ2n) is 4.25. The molecule has 1 aromatic heterocycles. The molecule has 2 N–H and O–H groups in total. The van der Waals surface area contributed by atoms with Gasteiger partial charge in [-0.15, -0.1) is 5.10 Å². The second kappa shape index (κ2) is 4.76. The summed E-state index contributed by atoms with van der Waals surface area (Å²) in [5, 5.41) is 8.24. The predicted octanol–water partition coefficient (Wildman–Crippen LogP) is 0.337. The average molecular weight is 222 g/mol. The van der Waals surface area contributed by atoms with Crippen LogP contribution in [0, 0.1) is 6.92 Å². The van der Waals surface area contributed by atoms with Crippen LogP contribution in [-0.2, 0) is 4.74 Å². The minimum Gasteiger partial charge on any atom is -0.373 e. The first-order chi connectivity index (χ1) is 7.66. The number of aryl methyl sites for hydroxylation is 1. The van der Waals surface area contributed by atoms with E-state index in [1.54, 1.807) is 0 Å². The van der Waals surface area contributed by atoms with E-state index in [0.29, 0.717) is 6.61 Å². The number of ether oxygens (including phenoxy) is 1. The molecule has 0 saturated carbocycles. The highest BCUT2D eigenvalue weighted by atomic mass is 16.5. The maximum Gasteiger partial charge on any atom is 0.151 e. The summed E-state index contributed by atoms with van der Waals surface area (Å²) in [6.45, 7) is 6.23. The number of hydrogen-bond acceptors (Lipinski definition) is 5. The minimum atomic E-state index is 0.0428. The Kier molecular flexibility index (Phi) is 3.36. The summed E-state index contributed by atoms with van der Waals surface area (Å²) in [6, 6.07) is 4.01. The Labute approximate surface area is 95.6 Å². The molecule has 0 bridgehead atoms. The van der Waals surface area contributed by atoms with Crippen LogP contribution < -0.4 is 10.6 Å². The van der Waals surface area contributed by atoms with Crippen LogP contribution in [0.25, 0.3) is 0 Å². The fraction of sp³-hybridized carbons (Fsp3) is 0.636. The van der Waals surface area contributed by atoms with Crippen LogP contribution in [0.15, 0.2) is 12.1 Å². The topological polar surface area (TPSA) is 64.3 Å². The molecular formula is C11H18N4O. The first kappa shape index (κ1) is 11.3. The zero-order valence-corrected chi connectivity index (χ0v) is 9.76. The molecule has 5 heteroatoms. The highest BCUT2D eigenvalue weighted by Gasteiger charge is 2.24. The second-order valence-corrected chi connectivity index (χ2v) is 4.25. The Morgan fingerprint density at radius 3 is 2.94 bits per heavy atom. The van der Waals surface area contributed by atoms with Crippen molar-refractivity contribution in [3.8, 4) is 0 Å². The lowest BCUT2D eigenvalue weighted by Gasteiger charge is -2.35. The molecule has 2 rings (SSSR count). The van der Waals surface area contributed by atoms with Crippen molar-refractivity contribution in [3.05, 3.63) is 17.8 Å². The van der Waals surface area contributed by atoms with E-state index in [9.17, 15) is 0 Å². The predicted molar refractivity (Wildman–Crippen MR) is 62.4 cm³/mol. The number of rotatable bonds is 2. The number of morpholine rings is 1. The Morgan fingerprint density at radius 2 is 2.31 bits per heavy atom. The first-order valence-corrected chi connectivity index (χ1v) is 5.59. The summed E-state index contributed by atoms with van der Waals surface area (Å²) in [7, 11) is 0. The fourth-order valence-corrected chi connectivity index (χ4v) is 1.76. The van der Waals surface area contributed by atoms with Gasteiger partial charge in [0, 0.05) is 19.1 Å². The van der Waals surface area contributed by atoms with Crippen molar-refractivity contribution in [1.82, 2.24) is 10.2 Å². The van der Waals surface area contributed by atoms with Gasteiger partial charge in [-0.2, -0.15) is 5.10 Å². The molecule has 1 aliphatic heterocycles. The molecule has 0 amide bonds. The third-order valence-electron chi connectivity index (χ3n) is 2.79. The third-order valence-corrected chi connectivity index (χ3v) is 2.79. The molecule has 0 radical (unpaired) electrons. The van der Waals surface area contributed by atoms with Crippen molar-refractivity contribution in [2.24, 2.45) is 5.73 Å². The van der Waals surface area contributed by atoms with Gasteiger partial charge in [0.1, 0.15) is 0 Å². The summed E-state index contributed by atoms with van der Waals surface area (Å²) < 4.78 is 5.60. The average Bonchev–Trinajstić information content (AvgIpc) is 2.30. The maximum absolute atomic E-state index is 5.84. The van der Waals surface area contributed by atoms with Crippen molar-refractivity contribution in [2.45, 2.75) is 26.0 Å². The summed E-state index contributed by atoms with van der Waals surface area (Å²) in [6.07, 6.45) is 0.0804. The summed E-state index contributed by atoms with van der Waals surface area (Å²) in [5.41, 5.74) is 6.78. The molecule has 1 saturated heterocycles. The number of aromatic nitrogens is 2. The molecule has 2 atom stereocenters. The van der Waals surface area contributed by atoms with E-state index in [1.807, 2.05) is 26.0 Å². The lowest BCUT2D eigenvalue weighted by molar-refractivity contribution is 0.0273. The van der Waals surface area contributed by atoms with Crippen LogP contribution in [-0.4, -0.2) is 42.0 Å². The van der Waals surface area contributed by atoms with E-state index in [-0.39, 0.29) is 12.1 Å². The van der Waals surface area contributed by atoms with Gasteiger partial charge in [-0.1, -0.05) is 0 Å². The van der Waals surface area contributed by atoms with E-state index < -0.39 is 0 Å². The Hall–Kier alpha value is -1.20. The number of anilines is 1. The molecule has 5 nitrogen and oxygen atoms in total. The molecule has 88 valence electrons. The van der Waals surface area contributed by atoms with Crippen molar-refractivity contribution in [2.75, 3.05) is 24.6 Å². The summed E-state index contributed by atoms with van der Waals surface area (Å²) in [5.74, 6) is 0.902. The lowest BCUT2D eigenvalue weighted by atomic mass is 10.1. The van der Waals surface area contributed by atoms with E-state index in [1.165, 1.54) is 0 Å². The smallest absolute Gasteiger partial charge is 0.151 e.